The summed E-state index contributed by atoms with van der Waals surface area (Å²) in [7, 11) is 0. The van der Waals surface area contributed by atoms with E-state index in [4.69, 9.17) is 9.72 Å². The Bertz CT molecular complexity index is 1610. The summed E-state index contributed by atoms with van der Waals surface area (Å²) in [6, 6.07) is 16.2. The highest BCUT2D eigenvalue weighted by Crippen LogP contribution is 2.44. The number of carbonyl (C=O) groups excluding carboxylic acids is 2. The molecule has 2 heterocycles. The summed E-state index contributed by atoms with van der Waals surface area (Å²) in [4.78, 5) is 33.3. The second-order valence-electron chi connectivity index (χ2n) is 12.5. The minimum atomic E-state index is -0.365. The fraction of sp³-hybridized carbons (Fsp3) is 0.400. The third-order valence-electron chi connectivity index (χ3n) is 8.28. The first-order chi connectivity index (χ1) is 19.5. The van der Waals surface area contributed by atoms with Crippen LogP contribution < -0.4 is 5.32 Å². The number of nitrogens with one attached hydrogen (secondary N) is 1. The van der Waals surface area contributed by atoms with Crippen LogP contribution in [0.25, 0.3) is 22.2 Å². The van der Waals surface area contributed by atoms with Crippen molar-refractivity contribution < 1.29 is 14.3 Å². The largest absolute Gasteiger partial charge is 0.462 e. The number of hydrogen-bond acceptors (Lipinski definition) is 5. The molecular formula is C35H40N2O3S. The number of amides is 1. The normalized spacial score (nSPS) is 15.2. The van der Waals surface area contributed by atoms with Gasteiger partial charge in [-0.1, -0.05) is 70.5 Å². The molecule has 0 fully saturated rings. The van der Waals surface area contributed by atoms with E-state index in [1.165, 1.54) is 21.8 Å². The van der Waals surface area contributed by atoms with Crippen LogP contribution in [0.3, 0.4) is 0 Å². The predicted molar refractivity (Wildman–Crippen MR) is 169 cm³/mol. The van der Waals surface area contributed by atoms with Crippen LogP contribution in [0.2, 0.25) is 0 Å². The zero-order valence-electron chi connectivity index (χ0n) is 25.2. The Morgan fingerprint density at radius 2 is 1.83 bits per heavy atom. The number of fused-ring (bicyclic) bond motifs is 2. The Morgan fingerprint density at radius 1 is 1.10 bits per heavy atom. The molecule has 0 spiro atoms. The lowest BCUT2D eigenvalue weighted by Crippen LogP contribution is -2.26. The van der Waals surface area contributed by atoms with E-state index in [2.05, 4.69) is 64.2 Å². The molecule has 4 aromatic rings. The van der Waals surface area contributed by atoms with Gasteiger partial charge in [-0.3, -0.25) is 4.79 Å². The summed E-state index contributed by atoms with van der Waals surface area (Å²) in [6.45, 7) is 15.3. The zero-order valence-corrected chi connectivity index (χ0v) is 26.0. The van der Waals surface area contributed by atoms with Crippen molar-refractivity contribution in [3.63, 3.8) is 0 Å². The van der Waals surface area contributed by atoms with E-state index < -0.39 is 0 Å². The molecule has 0 saturated carbocycles. The van der Waals surface area contributed by atoms with E-state index in [-0.39, 0.29) is 23.9 Å². The molecule has 5 rings (SSSR count). The minimum Gasteiger partial charge on any atom is -0.462 e. The van der Waals surface area contributed by atoms with Crippen LogP contribution in [0.4, 0.5) is 5.00 Å². The van der Waals surface area contributed by atoms with E-state index >= 15 is 0 Å². The minimum absolute atomic E-state index is 0.173. The van der Waals surface area contributed by atoms with E-state index in [0.717, 1.165) is 52.5 Å². The van der Waals surface area contributed by atoms with Crippen molar-refractivity contribution in [2.45, 2.75) is 73.6 Å². The zero-order chi connectivity index (χ0) is 29.5. The van der Waals surface area contributed by atoms with Crippen molar-refractivity contribution in [3.8, 4) is 11.3 Å². The highest BCUT2D eigenvalue weighted by molar-refractivity contribution is 7.17. The lowest BCUT2D eigenvalue weighted by atomic mass is 9.72. The molecule has 0 saturated heterocycles. The molecule has 1 unspecified atom stereocenters. The monoisotopic (exact) mass is 568 g/mol. The fourth-order valence-corrected chi connectivity index (χ4v) is 7.03. The molecule has 1 atom stereocenters. The average molecular weight is 569 g/mol. The van der Waals surface area contributed by atoms with Crippen molar-refractivity contribution >= 4 is 39.1 Å². The lowest BCUT2D eigenvalue weighted by molar-refractivity contribution is 0.0526. The molecule has 0 radical (unpaired) electrons. The van der Waals surface area contributed by atoms with Gasteiger partial charge in [0.05, 0.1) is 28.9 Å². The highest BCUT2D eigenvalue weighted by atomic mass is 32.1. The molecule has 6 heteroatoms. The second-order valence-corrected chi connectivity index (χ2v) is 13.6. The number of pyridine rings is 1. The van der Waals surface area contributed by atoms with Gasteiger partial charge in [-0.25, -0.2) is 9.78 Å². The maximum atomic E-state index is 14.1. The molecule has 0 bridgehead atoms. The van der Waals surface area contributed by atoms with Gasteiger partial charge in [-0.05, 0) is 79.7 Å². The Labute approximate surface area is 247 Å². The molecule has 1 aliphatic rings. The number of aryl methyl sites for hydroxylation is 1. The smallest absolute Gasteiger partial charge is 0.341 e. The number of esters is 1. The van der Waals surface area contributed by atoms with E-state index in [1.54, 1.807) is 0 Å². The van der Waals surface area contributed by atoms with Gasteiger partial charge in [-0.15, -0.1) is 11.3 Å². The Hall–Kier alpha value is -3.51. The SMILES string of the molecule is CCOC(=O)c1c(NC(=O)c2cc(-c3ccc(C(C)C)cc3)nc3ccc(C)cc23)sc2c1CCC(C(C)(C)C)C2. The van der Waals surface area contributed by atoms with Gasteiger partial charge in [0.25, 0.3) is 5.91 Å². The first kappa shape index (κ1) is 29.0. The number of nitrogens with zero attached hydrogens (tertiary/aromatic N) is 1. The second kappa shape index (κ2) is 11.4. The van der Waals surface area contributed by atoms with Crippen molar-refractivity contribution in [1.82, 2.24) is 4.98 Å². The van der Waals surface area contributed by atoms with Crippen molar-refractivity contribution in [3.05, 3.63) is 81.2 Å². The maximum Gasteiger partial charge on any atom is 0.341 e. The summed E-state index contributed by atoms with van der Waals surface area (Å²) in [5.74, 6) is 0.335. The van der Waals surface area contributed by atoms with Gasteiger partial charge in [0.15, 0.2) is 0 Å². The Morgan fingerprint density at radius 3 is 2.49 bits per heavy atom. The highest BCUT2D eigenvalue weighted by Gasteiger charge is 2.34. The summed E-state index contributed by atoms with van der Waals surface area (Å²) in [5.41, 5.74) is 7.03. The molecule has 41 heavy (non-hydrogen) atoms. The molecular weight excluding hydrogens is 528 g/mol. The van der Waals surface area contributed by atoms with E-state index in [0.29, 0.717) is 28.0 Å². The molecule has 1 amide bonds. The molecule has 1 N–H and O–H groups in total. The summed E-state index contributed by atoms with van der Waals surface area (Å²) in [6.07, 6.45) is 2.73. The van der Waals surface area contributed by atoms with Crippen LogP contribution in [0, 0.1) is 18.3 Å². The van der Waals surface area contributed by atoms with Crippen molar-refractivity contribution in [1.29, 1.82) is 0 Å². The average Bonchev–Trinajstić information content (AvgIpc) is 3.29. The van der Waals surface area contributed by atoms with Crippen LogP contribution in [0.1, 0.15) is 96.2 Å². The number of ether oxygens (including phenoxy) is 1. The third kappa shape index (κ3) is 5.94. The van der Waals surface area contributed by atoms with Gasteiger partial charge < -0.3 is 10.1 Å². The molecule has 2 aromatic carbocycles. The van der Waals surface area contributed by atoms with Gasteiger partial charge in [0, 0.05) is 15.8 Å². The quantitative estimate of drug-likeness (QED) is 0.236. The van der Waals surface area contributed by atoms with Gasteiger partial charge in [0.1, 0.15) is 5.00 Å². The van der Waals surface area contributed by atoms with Crippen molar-refractivity contribution in [2.24, 2.45) is 11.3 Å². The Balaban J connectivity index is 1.57. The summed E-state index contributed by atoms with van der Waals surface area (Å²) >= 11 is 1.52. The lowest BCUT2D eigenvalue weighted by Gasteiger charge is -2.33. The van der Waals surface area contributed by atoms with E-state index in [9.17, 15) is 9.59 Å². The number of benzene rings is 2. The number of aromatic nitrogens is 1. The number of thiophene rings is 1. The number of anilines is 1. The molecule has 5 nitrogen and oxygen atoms in total. The number of hydrogen-bond donors (Lipinski definition) is 1. The standard InChI is InChI=1S/C35H40N2O3S/c1-8-40-34(39)31-25-15-14-24(35(5,6)7)18-30(25)41-33(31)37-32(38)27-19-29(23-12-10-22(11-13-23)20(2)3)36-28-16-9-21(4)17-26(27)28/h9-13,16-17,19-20,24H,8,14-15,18H2,1-7H3,(H,37,38). The number of rotatable bonds is 6. The molecule has 0 aliphatic heterocycles. The Kier molecular flexibility index (Phi) is 8.06. The van der Waals surface area contributed by atoms with Gasteiger partial charge >= 0.3 is 5.97 Å². The summed E-state index contributed by atoms with van der Waals surface area (Å²) in [5, 5.41) is 4.51. The van der Waals surface area contributed by atoms with Gasteiger partial charge in [-0.2, -0.15) is 0 Å². The predicted octanol–water partition coefficient (Wildman–Crippen LogP) is 8.98. The van der Waals surface area contributed by atoms with Crippen LogP contribution >= 0.6 is 11.3 Å². The molecule has 214 valence electrons. The van der Waals surface area contributed by atoms with Gasteiger partial charge in [0.2, 0.25) is 0 Å². The third-order valence-corrected chi connectivity index (χ3v) is 9.45. The van der Waals surface area contributed by atoms with E-state index in [1.807, 2.05) is 38.1 Å². The fourth-order valence-electron chi connectivity index (χ4n) is 5.72. The first-order valence-electron chi connectivity index (χ1n) is 14.6. The first-order valence-corrected chi connectivity index (χ1v) is 15.4. The van der Waals surface area contributed by atoms with Crippen molar-refractivity contribution in [2.75, 3.05) is 11.9 Å². The molecule has 2 aromatic heterocycles. The topological polar surface area (TPSA) is 68.3 Å². The van der Waals surface area contributed by atoms with Crippen LogP contribution in [0.5, 0.6) is 0 Å². The maximum absolute atomic E-state index is 14.1. The van der Waals surface area contributed by atoms with Crippen LogP contribution in [-0.4, -0.2) is 23.5 Å². The van der Waals surface area contributed by atoms with Crippen LogP contribution in [0.15, 0.2) is 48.5 Å². The summed E-state index contributed by atoms with van der Waals surface area (Å²) < 4.78 is 5.47. The molecule has 1 aliphatic carbocycles. The number of carbonyl (C=O) groups is 2. The van der Waals surface area contributed by atoms with Crippen LogP contribution in [-0.2, 0) is 17.6 Å².